The molecular formula is C18H27N5. The monoisotopic (exact) mass is 313 g/mol. The lowest BCUT2D eigenvalue weighted by Gasteiger charge is -2.45. The van der Waals surface area contributed by atoms with Gasteiger partial charge in [-0.05, 0) is 44.2 Å². The van der Waals surface area contributed by atoms with Crippen LogP contribution in [0.3, 0.4) is 0 Å². The van der Waals surface area contributed by atoms with Gasteiger partial charge in [0.25, 0.3) is 0 Å². The number of nitrogens with zero attached hydrogens (tertiary/aromatic N) is 2. The molecular weight excluding hydrogens is 286 g/mol. The Hall–Kier alpha value is -1.62. The molecule has 0 radical (unpaired) electrons. The molecule has 2 aromatic rings. The number of hydrogen-bond donors (Lipinski definition) is 3. The van der Waals surface area contributed by atoms with E-state index in [1.54, 1.807) is 6.33 Å². The molecule has 124 valence electrons. The van der Waals surface area contributed by atoms with Crippen LogP contribution in [0, 0.1) is 0 Å². The van der Waals surface area contributed by atoms with Crippen LogP contribution in [0.4, 0.5) is 5.82 Å². The van der Waals surface area contributed by atoms with Crippen LogP contribution in [0.25, 0.3) is 11.0 Å². The number of H-pyrrole nitrogens is 1. The predicted molar refractivity (Wildman–Crippen MR) is 93.7 cm³/mol. The lowest BCUT2D eigenvalue weighted by molar-refractivity contribution is 0.175. The lowest BCUT2D eigenvalue weighted by Crippen LogP contribution is -2.55. The molecule has 5 nitrogen and oxygen atoms in total. The molecule has 1 unspecified atom stereocenters. The molecule has 2 fully saturated rings. The Morgan fingerprint density at radius 1 is 1.26 bits per heavy atom. The van der Waals surface area contributed by atoms with Crippen LogP contribution >= 0.6 is 0 Å². The summed E-state index contributed by atoms with van der Waals surface area (Å²) in [7, 11) is 0. The van der Waals surface area contributed by atoms with E-state index in [9.17, 15) is 0 Å². The van der Waals surface area contributed by atoms with Crippen molar-refractivity contribution < 1.29 is 0 Å². The minimum atomic E-state index is 0.367. The van der Waals surface area contributed by atoms with Gasteiger partial charge in [-0.15, -0.1) is 0 Å². The molecule has 4 rings (SSSR count). The van der Waals surface area contributed by atoms with Gasteiger partial charge in [-0.3, -0.25) is 0 Å². The van der Waals surface area contributed by atoms with Crippen molar-refractivity contribution in [3.63, 3.8) is 0 Å². The van der Waals surface area contributed by atoms with Crippen LogP contribution in [0.1, 0.15) is 57.4 Å². The fraction of sp³-hybridized carbons (Fsp3) is 0.667. The van der Waals surface area contributed by atoms with Gasteiger partial charge in [0.15, 0.2) is 0 Å². The maximum Gasteiger partial charge on any atom is 0.143 e. The number of aryl methyl sites for hydroxylation is 1. The largest absolute Gasteiger partial charge is 0.367 e. The predicted octanol–water partition coefficient (Wildman–Crippen LogP) is 3.39. The zero-order chi connectivity index (χ0) is 15.7. The molecule has 5 heteroatoms. The first-order chi connectivity index (χ1) is 11.3. The summed E-state index contributed by atoms with van der Waals surface area (Å²) < 4.78 is 0. The molecule has 3 N–H and O–H groups in total. The Morgan fingerprint density at radius 2 is 2.13 bits per heavy atom. The van der Waals surface area contributed by atoms with Gasteiger partial charge in [-0.25, -0.2) is 9.97 Å². The fourth-order valence-corrected chi connectivity index (χ4v) is 4.50. The molecule has 1 spiro atoms. The number of aromatic nitrogens is 3. The summed E-state index contributed by atoms with van der Waals surface area (Å²) in [4.78, 5) is 12.2. The number of anilines is 1. The van der Waals surface area contributed by atoms with Gasteiger partial charge >= 0.3 is 0 Å². The molecule has 1 saturated carbocycles. The number of rotatable bonds is 3. The van der Waals surface area contributed by atoms with Gasteiger partial charge in [0.1, 0.15) is 17.8 Å². The van der Waals surface area contributed by atoms with Crippen molar-refractivity contribution in [1.29, 1.82) is 0 Å². The first-order valence-corrected chi connectivity index (χ1v) is 9.12. The highest BCUT2D eigenvalue weighted by molar-refractivity contribution is 5.90. The highest BCUT2D eigenvalue weighted by Crippen LogP contribution is 2.36. The van der Waals surface area contributed by atoms with Gasteiger partial charge in [0.05, 0.1) is 5.39 Å². The van der Waals surface area contributed by atoms with Gasteiger partial charge < -0.3 is 15.6 Å². The summed E-state index contributed by atoms with van der Waals surface area (Å²) in [6.07, 6.45) is 13.9. The van der Waals surface area contributed by atoms with Crippen molar-refractivity contribution in [2.75, 3.05) is 11.9 Å². The van der Waals surface area contributed by atoms with Crippen LogP contribution in [-0.2, 0) is 6.42 Å². The summed E-state index contributed by atoms with van der Waals surface area (Å²) in [6.45, 7) is 3.29. The van der Waals surface area contributed by atoms with Crippen molar-refractivity contribution in [2.24, 2.45) is 0 Å². The van der Waals surface area contributed by atoms with E-state index in [0.717, 1.165) is 24.4 Å². The van der Waals surface area contributed by atoms with E-state index in [2.05, 4.69) is 38.7 Å². The second-order valence-electron chi connectivity index (χ2n) is 7.22. The Bertz CT molecular complexity index is 666. The molecule has 2 aliphatic rings. The minimum absolute atomic E-state index is 0.367. The normalized spacial score (nSPS) is 24.1. The summed E-state index contributed by atoms with van der Waals surface area (Å²) in [5.41, 5.74) is 2.61. The Kier molecular flexibility index (Phi) is 3.97. The van der Waals surface area contributed by atoms with Crippen molar-refractivity contribution in [3.05, 3.63) is 18.1 Å². The van der Waals surface area contributed by atoms with E-state index >= 15 is 0 Å². The summed E-state index contributed by atoms with van der Waals surface area (Å²) in [5, 5.41) is 8.74. The molecule has 3 heterocycles. The van der Waals surface area contributed by atoms with E-state index in [1.165, 1.54) is 55.9 Å². The Morgan fingerprint density at radius 3 is 2.96 bits per heavy atom. The maximum atomic E-state index is 4.55. The summed E-state index contributed by atoms with van der Waals surface area (Å²) >= 11 is 0. The Balaban J connectivity index is 1.57. The fourth-order valence-electron chi connectivity index (χ4n) is 4.50. The van der Waals surface area contributed by atoms with E-state index in [0.29, 0.717) is 11.6 Å². The third kappa shape index (κ3) is 2.82. The summed E-state index contributed by atoms with van der Waals surface area (Å²) in [5.74, 6) is 1.01. The van der Waals surface area contributed by atoms with E-state index < -0.39 is 0 Å². The third-order valence-corrected chi connectivity index (χ3v) is 5.71. The van der Waals surface area contributed by atoms with Crippen molar-refractivity contribution in [2.45, 2.75) is 69.9 Å². The smallest absolute Gasteiger partial charge is 0.143 e. The molecule has 1 aliphatic heterocycles. The average molecular weight is 313 g/mol. The van der Waals surface area contributed by atoms with Gasteiger partial charge in [-0.1, -0.05) is 26.2 Å². The number of fused-ring (bicyclic) bond motifs is 1. The molecule has 1 aliphatic carbocycles. The maximum absolute atomic E-state index is 4.55. The van der Waals surface area contributed by atoms with Crippen LogP contribution in [0.5, 0.6) is 0 Å². The quantitative estimate of drug-likeness (QED) is 0.812. The Labute approximate surface area is 137 Å². The number of hydrogen-bond acceptors (Lipinski definition) is 4. The van der Waals surface area contributed by atoms with Crippen molar-refractivity contribution in [3.8, 4) is 0 Å². The summed E-state index contributed by atoms with van der Waals surface area (Å²) in [6, 6.07) is 0.507. The van der Waals surface area contributed by atoms with Gasteiger partial charge in [0.2, 0.25) is 0 Å². The van der Waals surface area contributed by atoms with Crippen molar-refractivity contribution in [1.82, 2.24) is 20.3 Å². The van der Waals surface area contributed by atoms with Crippen molar-refractivity contribution >= 4 is 16.9 Å². The SMILES string of the molecule is CCc1c[nH]c2ncnc(NC3CCNC4(CCCCC4)C3)c12. The molecule has 2 aromatic heterocycles. The zero-order valence-corrected chi connectivity index (χ0v) is 14.0. The molecule has 0 amide bonds. The van der Waals surface area contributed by atoms with E-state index in [1.807, 2.05) is 0 Å². The van der Waals surface area contributed by atoms with Crippen LogP contribution < -0.4 is 10.6 Å². The molecule has 0 bridgehead atoms. The number of nitrogens with one attached hydrogen (secondary N) is 3. The van der Waals surface area contributed by atoms with Crippen LogP contribution in [-0.4, -0.2) is 33.1 Å². The average Bonchev–Trinajstić information content (AvgIpc) is 3.00. The van der Waals surface area contributed by atoms with Gasteiger partial charge in [0, 0.05) is 17.8 Å². The highest BCUT2D eigenvalue weighted by atomic mass is 15.1. The molecule has 23 heavy (non-hydrogen) atoms. The highest BCUT2D eigenvalue weighted by Gasteiger charge is 2.37. The topological polar surface area (TPSA) is 65.6 Å². The first-order valence-electron chi connectivity index (χ1n) is 9.12. The third-order valence-electron chi connectivity index (χ3n) is 5.71. The van der Waals surface area contributed by atoms with E-state index in [4.69, 9.17) is 0 Å². The second-order valence-corrected chi connectivity index (χ2v) is 7.22. The molecule has 1 atom stereocenters. The lowest BCUT2D eigenvalue weighted by atomic mass is 9.75. The zero-order valence-electron chi connectivity index (χ0n) is 14.0. The molecule has 0 aromatic carbocycles. The first kappa shape index (κ1) is 14.9. The van der Waals surface area contributed by atoms with E-state index in [-0.39, 0.29) is 0 Å². The standard InChI is InChI=1S/C18H27N5/c1-2-13-11-19-16-15(13)17(21-12-20-16)23-14-6-9-22-18(10-14)7-4-3-5-8-18/h11-12,14,22H,2-10H2,1H3,(H2,19,20,21,23). The number of aromatic amines is 1. The molecule has 1 saturated heterocycles. The van der Waals surface area contributed by atoms with Gasteiger partial charge in [-0.2, -0.15) is 0 Å². The number of piperidine rings is 1. The second kappa shape index (κ2) is 6.11. The van der Waals surface area contributed by atoms with Crippen LogP contribution in [0.2, 0.25) is 0 Å². The minimum Gasteiger partial charge on any atom is -0.367 e. The van der Waals surface area contributed by atoms with Crippen LogP contribution in [0.15, 0.2) is 12.5 Å².